The number of hydrogen-bond acceptors (Lipinski definition) is 6. The summed E-state index contributed by atoms with van der Waals surface area (Å²) in [5, 5.41) is 10.1. The number of nitrogens with zero attached hydrogens (tertiary/aromatic N) is 5. The van der Waals surface area contributed by atoms with Crippen LogP contribution in [0.1, 0.15) is 5.69 Å². The number of cyclic esters (lactones) is 1. The standard InChI is InChI=1S/C16H14FN5O2S/c1-10-9-25-15(19-10)13-3-2-11(6-14(13)17)22-8-12(24-16(22)23)7-21-5-4-18-20-21/h2-6,9,12H,7-8H2,1H3/t12-/m0/s1. The van der Waals surface area contributed by atoms with Crippen molar-refractivity contribution in [3.8, 4) is 10.6 Å². The molecular weight excluding hydrogens is 345 g/mol. The van der Waals surface area contributed by atoms with Gasteiger partial charge in [0.15, 0.2) is 0 Å². The minimum atomic E-state index is -0.498. The van der Waals surface area contributed by atoms with Crippen LogP contribution in [0.15, 0.2) is 36.0 Å². The van der Waals surface area contributed by atoms with E-state index in [1.54, 1.807) is 29.2 Å². The summed E-state index contributed by atoms with van der Waals surface area (Å²) in [6.07, 6.45) is 2.39. The molecule has 0 N–H and O–H groups in total. The molecule has 1 saturated heterocycles. The first kappa shape index (κ1) is 15.7. The number of amides is 1. The van der Waals surface area contributed by atoms with E-state index in [0.717, 1.165) is 5.69 Å². The van der Waals surface area contributed by atoms with Gasteiger partial charge in [-0.1, -0.05) is 5.21 Å². The number of anilines is 1. The van der Waals surface area contributed by atoms with Crippen molar-refractivity contribution in [3.05, 3.63) is 47.5 Å². The summed E-state index contributed by atoms with van der Waals surface area (Å²) >= 11 is 1.39. The van der Waals surface area contributed by atoms with Gasteiger partial charge in [0.2, 0.25) is 0 Å². The minimum absolute atomic E-state index is 0.327. The number of rotatable bonds is 4. The molecule has 2 aromatic heterocycles. The van der Waals surface area contributed by atoms with E-state index in [-0.39, 0.29) is 6.10 Å². The molecule has 0 aliphatic carbocycles. The third-order valence-electron chi connectivity index (χ3n) is 3.85. The Kier molecular flexibility index (Phi) is 3.92. The fourth-order valence-electron chi connectivity index (χ4n) is 2.69. The molecule has 3 aromatic rings. The van der Waals surface area contributed by atoms with Gasteiger partial charge in [0.05, 0.1) is 25.0 Å². The second-order valence-electron chi connectivity index (χ2n) is 5.70. The van der Waals surface area contributed by atoms with E-state index in [2.05, 4.69) is 15.3 Å². The lowest BCUT2D eigenvalue weighted by molar-refractivity contribution is 0.129. The van der Waals surface area contributed by atoms with Gasteiger partial charge in [-0.3, -0.25) is 4.90 Å². The largest absolute Gasteiger partial charge is 0.442 e. The van der Waals surface area contributed by atoms with Gasteiger partial charge >= 0.3 is 6.09 Å². The van der Waals surface area contributed by atoms with E-state index in [1.165, 1.54) is 22.3 Å². The number of carbonyl (C=O) groups is 1. The minimum Gasteiger partial charge on any atom is -0.442 e. The number of benzene rings is 1. The number of ether oxygens (including phenoxy) is 1. The molecule has 0 saturated carbocycles. The predicted octanol–water partition coefficient (Wildman–Crippen LogP) is 2.87. The maximum atomic E-state index is 14.5. The van der Waals surface area contributed by atoms with Gasteiger partial charge in [-0.15, -0.1) is 16.4 Å². The molecular formula is C16H14FN5O2S. The summed E-state index contributed by atoms with van der Waals surface area (Å²) in [5.74, 6) is -0.417. The highest BCUT2D eigenvalue weighted by Gasteiger charge is 2.33. The van der Waals surface area contributed by atoms with Crippen molar-refractivity contribution < 1.29 is 13.9 Å². The number of aromatic nitrogens is 4. The van der Waals surface area contributed by atoms with Crippen LogP contribution >= 0.6 is 11.3 Å². The van der Waals surface area contributed by atoms with E-state index in [0.29, 0.717) is 29.3 Å². The molecule has 0 spiro atoms. The van der Waals surface area contributed by atoms with E-state index < -0.39 is 11.9 Å². The fraction of sp³-hybridized carbons (Fsp3) is 0.250. The smallest absolute Gasteiger partial charge is 0.414 e. The first-order valence-corrected chi connectivity index (χ1v) is 8.52. The van der Waals surface area contributed by atoms with Crippen molar-refractivity contribution in [3.63, 3.8) is 0 Å². The summed E-state index contributed by atoms with van der Waals surface area (Å²) in [6.45, 7) is 2.59. The topological polar surface area (TPSA) is 73.1 Å². The van der Waals surface area contributed by atoms with Gasteiger partial charge in [0.1, 0.15) is 16.9 Å². The normalized spacial score (nSPS) is 17.1. The van der Waals surface area contributed by atoms with Crippen molar-refractivity contribution in [2.24, 2.45) is 0 Å². The van der Waals surface area contributed by atoms with Crippen molar-refractivity contribution in [2.75, 3.05) is 11.4 Å². The first-order chi connectivity index (χ1) is 12.1. The maximum absolute atomic E-state index is 14.5. The third-order valence-corrected chi connectivity index (χ3v) is 4.84. The zero-order valence-corrected chi connectivity index (χ0v) is 14.1. The molecule has 1 aromatic carbocycles. The van der Waals surface area contributed by atoms with Crippen LogP contribution in [0.25, 0.3) is 10.6 Å². The van der Waals surface area contributed by atoms with E-state index >= 15 is 0 Å². The number of thiazole rings is 1. The number of carbonyl (C=O) groups excluding carboxylic acids is 1. The van der Waals surface area contributed by atoms with Crippen molar-refractivity contribution in [2.45, 2.75) is 19.6 Å². The van der Waals surface area contributed by atoms with Gasteiger partial charge in [-0.25, -0.2) is 18.9 Å². The van der Waals surface area contributed by atoms with Crippen LogP contribution in [-0.4, -0.2) is 38.7 Å². The molecule has 7 nitrogen and oxygen atoms in total. The van der Waals surface area contributed by atoms with Crippen LogP contribution in [0.2, 0.25) is 0 Å². The van der Waals surface area contributed by atoms with Crippen LogP contribution in [0.4, 0.5) is 14.9 Å². The summed E-state index contributed by atoms with van der Waals surface area (Å²) in [6, 6.07) is 4.68. The molecule has 0 unspecified atom stereocenters. The second-order valence-corrected chi connectivity index (χ2v) is 6.56. The SMILES string of the molecule is Cc1csc(-c2ccc(N3C[C@H](Cn4ccnn4)OC3=O)cc2F)n1. The lowest BCUT2D eigenvalue weighted by atomic mass is 10.2. The Morgan fingerprint density at radius 1 is 1.44 bits per heavy atom. The summed E-state index contributed by atoms with van der Waals surface area (Å²) in [5.41, 5.74) is 1.73. The van der Waals surface area contributed by atoms with Crippen molar-refractivity contribution in [1.29, 1.82) is 0 Å². The van der Waals surface area contributed by atoms with Crippen molar-refractivity contribution >= 4 is 23.1 Å². The molecule has 0 bridgehead atoms. The predicted molar refractivity (Wildman–Crippen MR) is 89.9 cm³/mol. The zero-order valence-electron chi connectivity index (χ0n) is 13.3. The molecule has 1 aliphatic rings. The molecule has 128 valence electrons. The van der Waals surface area contributed by atoms with Crippen LogP contribution < -0.4 is 4.90 Å². The summed E-state index contributed by atoms with van der Waals surface area (Å²) in [4.78, 5) is 17.8. The van der Waals surface area contributed by atoms with Crippen molar-refractivity contribution in [1.82, 2.24) is 20.0 Å². The highest BCUT2D eigenvalue weighted by atomic mass is 32.1. The molecule has 1 atom stereocenters. The molecule has 3 heterocycles. The Morgan fingerprint density at radius 2 is 2.32 bits per heavy atom. The maximum Gasteiger partial charge on any atom is 0.414 e. The Labute approximate surface area is 146 Å². The Hall–Kier alpha value is -2.81. The molecule has 1 aliphatic heterocycles. The lowest BCUT2D eigenvalue weighted by Crippen LogP contribution is -2.26. The van der Waals surface area contributed by atoms with Gasteiger partial charge in [-0.05, 0) is 25.1 Å². The first-order valence-electron chi connectivity index (χ1n) is 7.64. The van der Waals surface area contributed by atoms with E-state index in [9.17, 15) is 9.18 Å². The molecule has 0 radical (unpaired) electrons. The highest BCUT2D eigenvalue weighted by molar-refractivity contribution is 7.13. The molecule has 25 heavy (non-hydrogen) atoms. The van der Waals surface area contributed by atoms with Crippen LogP contribution in [0, 0.1) is 12.7 Å². The van der Waals surface area contributed by atoms with E-state index in [4.69, 9.17) is 4.74 Å². The summed E-state index contributed by atoms with van der Waals surface area (Å²) in [7, 11) is 0. The van der Waals surface area contributed by atoms with Gasteiger partial charge < -0.3 is 4.74 Å². The second kappa shape index (κ2) is 6.25. The molecule has 9 heteroatoms. The summed E-state index contributed by atoms with van der Waals surface area (Å²) < 4.78 is 21.4. The number of aryl methyl sites for hydroxylation is 1. The Morgan fingerprint density at radius 3 is 3.00 bits per heavy atom. The fourth-order valence-corrected chi connectivity index (χ4v) is 3.51. The third kappa shape index (κ3) is 3.10. The Balaban J connectivity index is 1.53. The lowest BCUT2D eigenvalue weighted by Gasteiger charge is -2.14. The van der Waals surface area contributed by atoms with Crippen LogP contribution in [0.5, 0.6) is 0 Å². The van der Waals surface area contributed by atoms with Crippen LogP contribution in [-0.2, 0) is 11.3 Å². The van der Waals surface area contributed by atoms with Gasteiger partial charge in [0.25, 0.3) is 0 Å². The molecule has 1 fully saturated rings. The molecule has 4 rings (SSSR count). The average Bonchev–Trinajstić information content (AvgIpc) is 3.30. The zero-order chi connectivity index (χ0) is 17.4. The van der Waals surface area contributed by atoms with Gasteiger partial charge in [-0.2, -0.15) is 0 Å². The highest BCUT2D eigenvalue weighted by Crippen LogP contribution is 2.30. The number of halogens is 1. The number of hydrogen-bond donors (Lipinski definition) is 0. The van der Waals surface area contributed by atoms with Gasteiger partial charge in [0, 0.05) is 22.8 Å². The van der Waals surface area contributed by atoms with Crippen LogP contribution in [0.3, 0.4) is 0 Å². The Bertz CT molecular complexity index is 911. The monoisotopic (exact) mass is 359 g/mol. The average molecular weight is 359 g/mol. The molecule has 1 amide bonds. The van der Waals surface area contributed by atoms with E-state index in [1.807, 2.05) is 12.3 Å². The quantitative estimate of drug-likeness (QED) is 0.716.